The molecule has 0 saturated heterocycles. The number of hydrogen-bond acceptors (Lipinski definition) is 2. The van der Waals surface area contributed by atoms with Crippen LogP contribution in [0.25, 0.3) is 0 Å². The average Bonchev–Trinajstić information content (AvgIpc) is 2.29. The first kappa shape index (κ1) is 13.0. The average molecular weight is 225 g/mol. The van der Waals surface area contributed by atoms with Crippen LogP contribution in [0.5, 0.6) is 0 Å². The van der Waals surface area contributed by atoms with Crippen molar-refractivity contribution in [2.24, 2.45) is 0 Å². The van der Waals surface area contributed by atoms with E-state index < -0.39 is 0 Å². The lowest BCUT2D eigenvalue weighted by Gasteiger charge is -2.21. The molecule has 0 saturated carbocycles. The topological polar surface area (TPSA) is 23.5 Å². The van der Waals surface area contributed by atoms with Gasteiger partial charge in [0.15, 0.2) is 0 Å². The standard InChI is InChI=1S/C13H20FNO/c1-3-4-5-8-15(2)13-7-6-12(14)9-11(13)10-16/h6-7,9,16H,3-5,8,10H2,1-2H3. The van der Waals surface area contributed by atoms with Gasteiger partial charge in [0.05, 0.1) is 6.61 Å². The lowest BCUT2D eigenvalue weighted by atomic mass is 10.1. The number of unbranched alkanes of at least 4 members (excludes halogenated alkanes) is 2. The predicted molar refractivity (Wildman–Crippen MR) is 65.1 cm³/mol. The lowest BCUT2D eigenvalue weighted by Crippen LogP contribution is -2.20. The van der Waals surface area contributed by atoms with Crippen LogP contribution in [0.2, 0.25) is 0 Å². The number of halogens is 1. The van der Waals surface area contributed by atoms with Crippen LogP contribution in [0.1, 0.15) is 31.7 Å². The largest absolute Gasteiger partial charge is 0.392 e. The molecule has 0 aliphatic carbocycles. The van der Waals surface area contributed by atoms with Gasteiger partial charge in [-0.05, 0) is 24.6 Å². The summed E-state index contributed by atoms with van der Waals surface area (Å²) in [6.45, 7) is 2.98. The van der Waals surface area contributed by atoms with Crippen LogP contribution in [0.4, 0.5) is 10.1 Å². The Hall–Kier alpha value is -1.09. The van der Waals surface area contributed by atoms with Gasteiger partial charge in [-0.3, -0.25) is 0 Å². The van der Waals surface area contributed by atoms with Crippen LogP contribution in [0, 0.1) is 5.82 Å². The van der Waals surface area contributed by atoms with E-state index >= 15 is 0 Å². The fourth-order valence-corrected chi connectivity index (χ4v) is 1.77. The number of aliphatic hydroxyl groups excluding tert-OH is 1. The number of benzene rings is 1. The van der Waals surface area contributed by atoms with E-state index in [2.05, 4.69) is 11.8 Å². The predicted octanol–water partition coefficient (Wildman–Crippen LogP) is 2.94. The number of aliphatic hydroxyl groups is 1. The molecule has 0 spiro atoms. The summed E-state index contributed by atoms with van der Waals surface area (Å²) >= 11 is 0. The van der Waals surface area contributed by atoms with E-state index in [-0.39, 0.29) is 12.4 Å². The molecule has 0 amide bonds. The zero-order valence-electron chi connectivity index (χ0n) is 10.0. The maximum Gasteiger partial charge on any atom is 0.123 e. The minimum Gasteiger partial charge on any atom is -0.392 e. The number of rotatable bonds is 6. The molecule has 0 aliphatic rings. The SMILES string of the molecule is CCCCCN(C)c1ccc(F)cc1CO. The molecule has 1 N–H and O–H groups in total. The molecule has 90 valence electrons. The Morgan fingerprint density at radius 1 is 1.31 bits per heavy atom. The first-order valence-electron chi connectivity index (χ1n) is 5.79. The fourth-order valence-electron chi connectivity index (χ4n) is 1.77. The summed E-state index contributed by atoms with van der Waals surface area (Å²) in [5.74, 6) is -0.297. The molecule has 0 heterocycles. The summed E-state index contributed by atoms with van der Waals surface area (Å²) in [6, 6.07) is 4.56. The van der Waals surface area contributed by atoms with E-state index in [1.165, 1.54) is 25.0 Å². The Kier molecular flexibility index (Phi) is 5.26. The second kappa shape index (κ2) is 6.48. The Bertz CT molecular complexity index is 328. The minimum absolute atomic E-state index is 0.120. The van der Waals surface area contributed by atoms with Crippen molar-refractivity contribution >= 4 is 5.69 Å². The van der Waals surface area contributed by atoms with Gasteiger partial charge in [0, 0.05) is 24.8 Å². The molecule has 0 aliphatic heterocycles. The van der Waals surface area contributed by atoms with Crippen LogP contribution in [-0.4, -0.2) is 18.7 Å². The molecular weight excluding hydrogens is 205 g/mol. The van der Waals surface area contributed by atoms with E-state index in [0.717, 1.165) is 18.7 Å². The molecule has 0 unspecified atom stereocenters. The lowest BCUT2D eigenvalue weighted by molar-refractivity contribution is 0.281. The first-order chi connectivity index (χ1) is 7.69. The summed E-state index contributed by atoms with van der Waals surface area (Å²) in [5, 5.41) is 9.17. The van der Waals surface area contributed by atoms with Gasteiger partial charge in [-0.25, -0.2) is 4.39 Å². The molecule has 0 fully saturated rings. The highest BCUT2D eigenvalue weighted by Crippen LogP contribution is 2.21. The van der Waals surface area contributed by atoms with Gasteiger partial charge < -0.3 is 10.0 Å². The number of nitrogens with zero attached hydrogens (tertiary/aromatic N) is 1. The number of anilines is 1. The van der Waals surface area contributed by atoms with Crippen molar-refractivity contribution in [2.75, 3.05) is 18.5 Å². The van der Waals surface area contributed by atoms with Gasteiger partial charge in [0.25, 0.3) is 0 Å². The van der Waals surface area contributed by atoms with Gasteiger partial charge in [-0.1, -0.05) is 19.8 Å². The highest BCUT2D eigenvalue weighted by atomic mass is 19.1. The zero-order chi connectivity index (χ0) is 12.0. The van der Waals surface area contributed by atoms with Crippen LogP contribution < -0.4 is 4.90 Å². The molecule has 0 radical (unpaired) electrons. The molecule has 16 heavy (non-hydrogen) atoms. The van der Waals surface area contributed by atoms with Crippen molar-refractivity contribution in [3.8, 4) is 0 Å². The Morgan fingerprint density at radius 3 is 2.69 bits per heavy atom. The maximum atomic E-state index is 13.0. The van der Waals surface area contributed by atoms with Crippen molar-refractivity contribution in [1.29, 1.82) is 0 Å². The summed E-state index contributed by atoms with van der Waals surface area (Å²) in [7, 11) is 1.97. The van der Waals surface area contributed by atoms with Crippen molar-refractivity contribution < 1.29 is 9.50 Å². The second-order valence-corrected chi connectivity index (χ2v) is 4.06. The quantitative estimate of drug-likeness (QED) is 0.752. The Balaban J connectivity index is 2.70. The van der Waals surface area contributed by atoms with E-state index in [4.69, 9.17) is 0 Å². The summed E-state index contributed by atoms with van der Waals surface area (Å²) in [5.41, 5.74) is 1.57. The third-order valence-corrected chi connectivity index (χ3v) is 2.72. The molecule has 2 nitrogen and oxygen atoms in total. The molecule has 1 rings (SSSR count). The van der Waals surface area contributed by atoms with Gasteiger partial charge in [-0.15, -0.1) is 0 Å². The third kappa shape index (κ3) is 3.49. The monoisotopic (exact) mass is 225 g/mol. The smallest absolute Gasteiger partial charge is 0.123 e. The molecule has 1 aromatic rings. The van der Waals surface area contributed by atoms with Crippen LogP contribution in [0.3, 0.4) is 0 Å². The van der Waals surface area contributed by atoms with Crippen LogP contribution in [0.15, 0.2) is 18.2 Å². The van der Waals surface area contributed by atoms with E-state index in [1.807, 2.05) is 7.05 Å². The van der Waals surface area contributed by atoms with E-state index in [0.29, 0.717) is 5.56 Å². The van der Waals surface area contributed by atoms with Gasteiger partial charge in [-0.2, -0.15) is 0 Å². The van der Waals surface area contributed by atoms with Gasteiger partial charge >= 0.3 is 0 Å². The van der Waals surface area contributed by atoms with Crippen molar-refractivity contribution in [2.45, 2.75) is 32.8 Å². The Morgan fingerprint density at radius 2 is 2.06 bits per heavy atom. The fraction of sp³-hybridized carbons (Fsp3) is 0.538. The van der Waals surface area contributed by atoms with Crippen molar-refractivity contribution in [3.05, 3.63) is 29.6 Å². The molecule has 1 aromatic carbocycles. The molecule has 0 aromatic heterocycles. The van der Waals surface area contributed by atoms with Crippen molar-refractivity contribution in [3.63, 3.8) is 0 Å². The van der Waals surface area contributed by atoms with E-state index in [9.17, 15) is 9.50 Å². The Labute approximate surface area is 96.7 Å². The molecule has 3 heteroatoms. The molecule has 0 bridgehead atoms. The minimum atomic E-state index is -0.297. The molecule has 0 atom stereocenters. The second-order valence-electron chi connectivity index (χ2n) is 4.06. The van der Waals surface area contributed by atoms with Crippen LogP contribution >= 0.6 is 0 Å². The van der Waals surface area contributed by atoms with Gasteiger partial charge in [0.2, 0.25) is 0 Å². The first-order valence-corrected chi connectivity index (χ1v) is 5.79. The normalized spacial score (nSPS) is 10.5. The van der Waals surface area contributed by atoms with Gasteiger partial charge in [0.1, 0.15) is 5.82 Å². The molecular formula is C13H20FNO. The van der Waals surface area contributed by atoms with Crippen LogP contribution in [-0.2, 0) is 6.61 Å². The number of hydrogen-bond donors (Lipinski definition) is 1. The van der Waals surface area contributed by atoms with E-state index in [1.54, 1.807) is 6.07 Å². The summed E-state index contributed by atoms with van der Waals surface area (Å²) < 4.78 is 13.0. The zero-order valence-corrected chi connectivity index (χ0v) is 10.0. The summed E-state index contributed by atoms with van der Waals surface area (Å²) in [6.07, 6.45) is 3.50. The summed E-state index contributed by atoms with van der Waals surface area (Å²) in [4.78, 5) is 2.07. The highest BCUT2D eigenvalue weighted by Gasteiger charge is 2.07. The highest BCUT2D eigenvalue weighted by molar-refractivity contribution is 5.52. The van der Waals surface area contributed by atoms with Crippen molar-refractivity contribution in [1.82, 2.24) is 0 Å². The third-order valence-electron chi connectivity index (χ3n) is 2.72. The maximum absolute atomic E-state index is 13.0.